The fourth-order valence-corrected chi connectivity index (χ4v) is 2.62. The van der Waals surface area contributed by atoms with Gasteiger partial charge < -0.3 is 18.9 Å². The van der Waals surface area contributed by atoms with Gasteiger partial charge in [-0.2, -0.15) is 0 Å². The van der Waals surface area contributed by atoms with Crippen molar-refractivity contribution in [3.8, 4) is 0 Å². The number of nitrogens with zero attached hydrogens (tertiary/aromatic N) is 4. The number of cyclic esters (lactones) is 2. The molecule has 32 heavy (non-hydrogen) atoms. The molecule has 1 saturated heterocycles. The number of ether oxygens (including phenoxy) is 4. The van der Waals surface area contributed by atoms with Crippen molar-refractivity contribution in [1.29, 1.82) is 0 Å². The van der Waals surface area contributed by atoms with E-state index in [0.29, 0.717) is 32.7 Å². The van der Waals surface area contributed by atoms with Crippen molar-refractivity contribution in [3.63, 3.8) is 0 Å². The second-order valence-corrected chi connectivity index (χ2v) is 7.66. The van der Waals surface area contributed by atoms with Crippen LogP contribution in [0.2, 0.25) is 0 Å². The third kappa shape index (κ3) is 9.90. The molecule has 0 bridgehead atoms. The van der Waals surface area contributed by atoms with Gasteiger partial charge in [0.2, 0.25) is 0 Å². The molecule has 0 unspecified atom stereocenters. The third-order valence-electron chi connectivity index (χ3n) is 4.83. The van der Waals surface area contributed by atoms with Crippen molar-refractivity contribution in [2.75, 3.05) is 80.0 Å². The fraction of sp³-hybridized carbons (Fsp3) is 0.800. The Morgan fingerprint density at radius 1 is 0.906 bits per heavy atom. The van der Waals surface area contributed by atoms with E-state index in [4.69, 9.17) is 18.9 Å². The average Bonchev–Trinajstić information content (AvgIpc) is 2.70. The van der Waals surface area contributed by atoms with Crippen molar-refractivity contribution in [3.05, 3.63) is 0 Å². The summed E-state index contributed by atoms with van der Waals surface area (Å²) in [6, 6.07) is 0. The first-order valence-corrected chi connectivity index (χ1v) is 10.7. The number of hydrogen-bond donors (Lipinski definition) is 0. The molecule has 0 aromatic rings. The molecule has 1 aliphatic heterocycles. The van der Waals surface area contributed by atoms with Crippen molar-refractivity contribution in [2.24, 2.45) is 0 Å². The average molecular weight is 461 g/mol. The lowest BCUT2D eigenvalue weighted by Crippen LogP contribution is -2.52. The Hall–Kier alpha value is -2.28. The minimum Gasteiger partial charge on any atom is -0.351 e. The molecule has 1 aliphatic rings. The predicted molar refractivity (Wildman–Crippen MR) is 113 cm³/mol. The summed E-state index contributed by atoms with van der Waals surface area (Å²) >= 11 is 0. The first-order chi connectivity index (χ1) is 15.0. The largest absolute Gasteiger partial charge is 0.619 e. The van der Waals surface area contributed by atoms with Crippen LogP contribution < -0.4 is 0 Å². The Balaban J connectivity index is 3.26. The summed E-state index contributed by atoms with van der Waals surface area (Å²) in [5, 5.41) is 0. The van der Waals surface area contributed by atoms with Crippen LogP contribution in [-0.4, -0.2) is 130 Å². The molecule has 0 aromatic heterocycles. The van der Waals surface area contributed by atoms with Crippen LogP contribution >= 0.6 is 0 Å². The first-order valence-electron chi connectivity index (χ1n) is 10.7. The highest BCUT2D eigenvalue weighted by Gasteiger charge is 2.50. The molecule has 1 fully saturated rings. The van der Waals surface area contributed by atoms with Gasteiger partial charge in [-0.3, -0.25) is 38.8 Å². The van der Waals surface area contributed by atoms with Crippen LogP contribution in [0.3, 0.4) is 0 Å². The predicted octanol–water partition coefficient (Wildman–Crippen LogP) is -1.06. The first kappa shape index (κ1) is 27.8. The summed E-state index contributed by atoms with van der Waals surface area (Å²) in [5.74, 6) is -3.57. The summed E-state index contributed by atoms with van der Waals surface area (Å²) in [7, 11) is 5.03. The smallest absolute Gasteiger partial charge is 0.351 e. The highest BCUT2D eigenvalue weighted by Crippen LogP contribution is 2.21. The minimum absolute atomic E-state index is 0.178. The van der Waals surface area contributed by atoms with Crippen molar-refractivity contribution in [1.82, 2.24) is 19.6 Å². The van der Waals surface area contributed by atoms with E-state index in [2.05, 4.69) is 0 Å². The van der Waals surface area contributed by atoms with Gasteiger partial charge in [-0.05, 0) is 40.8 Å². The Morgan fingerprint density at radius 3 is 1.81 bits per heavy atom. The molecule has 12 nitrogen and oxygen atoms in total. The van der Waals surface area contributed by atoms with Crippen LogP contribution in [0, 0.1) is 0 Å². The number of hydrogen-bond acceptors (Lipinski definition) is 12. The molecule has 1 rings (SSSR count). The second-order valence-electron chi connectivity index (χ2n) is 7.66. The summed E-state index contributed by atoms with van der Waals surface area (Å²) in [6.45, 7) is 7.28. The Labute approximate surface area is 189 Å². The monoisotopic (exact) mass is 460 g/mol. The van der Waals surface area contributed by atoms with Gasteiger partial charge in [0.05, 0.1) is 26.2 Å². The number of likely N-dealkylation sites (N-methyl/N-ethyl adjacent to an activating group) is 4. The van der Waals surface area contributed by atoms with Gasteiger partial charge in [0.25, 0.3) is 0 Å². The zero-order chi connectivity index (χ0) is 24.3. The second kappa shape index (κ2) is 13.3. The topological polar surface area (TPSA) is 118 Å². The highest BCUT2D eigenvalue weighted by molar-refractivity contribution is 5.77. The Bertz CT molecular complexity index is 634. The van der Waals surface area contributed by atoms with Gasteiger partial charge in [-0.25, -0.2) is 0 Å². The summed E-state index contributed by atoms with van der Waals surface area (Å²) in [5.41, 5.74) is 0. The standard InChI is InChI=1S/C20H36N4O8/c1-7-21(4)12-16(25)29-20(30-17(26)13-22(5)8-2)31-18(27)14-23(6)10-11-24(9-3)15-19(28)32-20/h7-15H2,1-6H3. The van der Waals surface area contributed by atoms with E-state index in [-0.39, 0.29) is 26.2 Å². The van der Waals surface area contributed by atoms with Crippen LogP contribution in [0.15, 0.2) is 0 Å². The van der Waals surface area contributed by atoms with Gasteiger partial charge in [0.1, 0.15) is 0 Å². The lowest BCUT2D eigenvalue weighted by atomic mass is 10.4. The molecule has 12 heteroatoms. The van der Waals surface area contributed by atoms with Crippen LogP contribution in [-0.2, 0) is 38.1 Å². The van der Waals surface area contributed by atoms with Gasteiger partial charge in [0, 0.05) is 13.1 Å². The van der Waals surface area contributed by atoms with Crippen LogP contribution in [0.4, 0.5) is 0 Å². The van der Waals surface area contributed by atoms with Gasteiger partial charge >= 0.3 is 30.0 Å². The fourth-order valence-electron chi connectivity index (χ4n) is 2.62. The van der Waals surface area contributed by atoms with Crippen LogP contribution in [0.25, 0.3) is 0 Å². The number of rotatable bonds is 9. The van der Waals surface area contributed by atoms with Gasteiger partial charge in [0.15, 0.2) is 0 Å². The normalized spacial score (nSPS) is 18.6. The molecule has 0 amide bonds. The molecule has 0 atom stereocenters. The highest BCUT2D eigenvalue weighted by atomic mass is 17.0. The van der Waals surface area contributed by atoms with E-state index in [1.54, 1.807) is 40.7 Å². The maximum Gasteiger partial charge on any atom is 0.619 e. The molecule has 0 saturated carbocycles. The van der Waals surface area contributed by atoms with Gasteiger partial charge in [-0.1, -0.05) is 20.8 Å². The van der Waals surface area contributed by atoms with Crippen molar-refractivity contribution in [2.45, 2.75) is 26.9 Å². The molecule has 184 valence electrons. The molecule has 0 aliphatic carbocycles. The van der Waals surface area contributed by atoms with E-state index in [9.17, 15) is 19.2 Å². The van der Waals surface area contributed by atoms with E-state index < -0.39 is 30.0 Å². The molecule has 0 aromatic carbocycles. The number of carbonyl (C=O) groups excluding carboxylic acids is 4. The van der Waals surface area contributed by atoms with E-state index in [1.807, 2.05) is 20.8 Å². The van der Waals surface area contributed by atoms with Crippen LogP contribution in [0.1, 0.15) is 20.8 Å². The molecular weight excluding hydrogens is 424 g/mol. The molecule has 0 radical (unpaired) electrons. The maximum absolute atomic E-state index is 12.6. The quantitative estimate of drug-likeness (QED) is 0.308. The summed E-state index contributed by atoms with van der Waals surface area (Å²) in [4.78, 5) is 56.8. The zero-order valence-electron chi connectivity index (χ0n) is 19.9. The van der Waals surface area contributed by atoms with E-state index >= 15 is 0 Å². The molecular formula is C20H36N4O8. The molecule has 1 heterocycles. The summed E-state index contributed by atoms with van der Waals surface area (Å²) < 4.78 is 20.8. The lowest BCUT2D eigenvalue weighted by Gasteiger charge is -2.30. The SMILES string of the molecule is CCN(C)CC(=O)OC1(OC(=O)CN(C)CC)OC(=O)CN(C)CCN(CC)CC(=O)O1. The Kier molecular flexibility index (Phi) is 11.5. The van der Waals surface area contributed by atoms with E-state index in [1.165, 1.54) is 0 Å². The molecule has 0 spiro atoms. The summed E-state index contributed by atoms with van der Waals surface area (Å²) in [6.07, 6.45) is -2.95. The molecule has 0 N–H and O–H groups in total. The maximum atomic E-state index is 12.6. The van der Waals surface area contributed by atoms with Crippen molar-refractivity contribution < 1.29 is 38.1 Å². The van der Waals surface area contributed by atoms with Gasteiger partial charge in [-0.15, -0.1) is 0 Å². The Morgan fingerprint density at radius 2 is 1.38 bits per heavy atom. The van der Waals surface area contributed by atoms with Crippen molar-refractivity contribution >= 4 is 23.9 Å². The number of esters is 4. The third-order valence-corrected chi connectivity index (χ3v) is 4.83. The van der Waals surface area contributed by atoms with Crippen LogP contribution in [0.5, 0.6) is 0 Å². The minimum atomic E-state index is -2.95. The zero-order valence-corrected chi connectivity index (χ0v) is 19.9. The number of carbonyl (C=O) groups is 4. The lowest BCUT2D eigenvalue weighted by molar-refractivity contribution is -0.432. The van der Waals surface area contributed by atoms with E-state index in [0.717, 1.165) is 0 Å².